The van der Waals surface area contributed by atoms with Gasteiger partial charge >= 0.3 is 5.97 Å². The first-order valence-corrected chi connectivity index (χ1v) is 11.2. The second-order valence-electron chi connectivity index (χ2n) is 9.17. The maximum atomic E-state index is 13.1. The number of carbonyl (C=O) groups excluding carboxylic acids is 1. The molecule has 1 aliphatic rings. The summed E-state index contributed by atoms with van der Waals surface area (Å²) < 4.78 is 7.81. The van der Waals surface area contributed by atoms with Gasteiger partial charge in [-0.2, -0.15) is 0 Å². The van der Waals surface area contributed by atoms with Crippen molar-refractivity contribution in [3.63, 3.8) is 0 Å². The first-order chi connectivity index (χ1) is 15.3. The quantitative estimate of drug-likeness (QED) is 0.285. The van der Waals surface area contributed by atoms with E-state index in [0.29, 0.717) is 29.1 Å². The molecule has 7 nitrogen and oxygen atoms in total. The minimum absolute atomic E-state index is 0.00817. The van der Waals surface area contributed by atoms with Crippen LogP contribution in [0.25, 0.3) is 22.4 Å². The van der Waals surface area contributed by atoms with Crippen LogP contribution in [0.15, 0.2) is 48.5 Å². The zero-order valence-corrected chi connectivity index (χ0v) is 18.7. The lowest BCUT2D eigenvalue weighted by molar-refractivity contribution is -0.384. The van der Waals surface area contributed by atoms with Gasteiger partial charge in [0.15, 0.2) is 0 Å². The summed E-state index contributed by atoms with van der Waals surface area (Å²) in [5, 5.41) is 11.3. The number of fused-ring (bicyclic) bond motifs is 1. The van der Waals surface area contributed by atoms with E-state index >= 15 is 0 Å². The molecule has 3 atom stereocenters. The molecule has 0 saturated heterocycles. The predicted molar refractivity (Wildman–Crippen MR) is 123 cm³/mol. The Bertz CT molecular complexity index is 1140. The van der Waals surface area contributed by atoms with Crippen LogP contribution < -0.4 is 0 Å². The van der Waals surface area contributed by atoms with Gasteiger partial charge in [-0.1, -0.05) is 51.5 Å². The normalized spacial score (nSPS) is 21.1. The van der Waals surface area contributed by atoms with Gasteiger partial charge in [-0.15, -0.1) is 0 Å². The molecule has 1 heterocycles. The average molecular weight is 436 g/mol. The molecule has 1 fully saturated rings. The molecular weight excluding hydrogens is 406 g/mol. The molecule has 7 heteroatoms. The number of para-hydroxylation sites is 2. The van der Waals surface area contributed by atoms with E-state index in [2.05, 4.69) is 25.8 Å². The van der Waals surface area contributed by atoms with Crippen molar-refractivity contribution < 1.29 is 14.5 Å². The second kappa shape index (κ2) is 9.10. The SMILES string of the molecule is CC(C)C1CC[C@@H](C)C[C@H]1OC(=O)Cn1c(-c2cccc([N+](=O)[O-])c2)nc2ccccc21. The Kier molecular flexibility index (Phi) is 6.26. The highest BCUT2D eigenvalue weighted by Crippen LogP contribution is 2.35. The Hall–Kier alpha value is -3.22. The Balaban J connectivity index is 1.65. The number of carbonyl (C=O) groups is 1. The summed E-state index contributed by atoms with van der Waals surface area (Å²) in [5.74, 6) is 1.58. The van der Waals surface area contributed by atoms with Crippen LogP contribution in [0.5, 0.6) is 0 Å². The third-order valence-electron chi connectivity index (χ3n) is 6.50. The van der Waals surface area contributed by atoms with Crippen molar-refractivity contribution in [2.45, 2.75) is 52.7 Å². The molecule has 0 radical (unpaired) electrons. The number of rotatable bonds is 6. The number of ether oxygens (including phenoxy) is 1. The largest absolute Gasteiger partial charge is 0.461 e. The molecule has 0 spiro atoms. The van der Waals surface area contributed by atoms with Crippen LogP contribution >= 0.6 is 0 Å². The van der Waals surface area contributed by atoms with Gasteiger partial charge in [0, 0.05) is 17.7 Å². The van der Waals surface area contributed by atoms with E-state index in [9.17, 15) is 14.9 Å². The highest BCUT2D eigenvalue weighted by Gasteiger charge is 2.33. The number of non-ortho nitro benzene ring substituents is 1. The zero-order chi connectivity index (χ0) is 22.8. The van der Waals surface area contributed by atoms with Crippen molar-refractivity contribution in [2.24, 2.45) is 17.8 Å². The Morgan fingerprint density at radius 3 is 2.75 bits per heavy atom. The second-order valence-corrected chi connectivity index (χ2v) is 9.17. The maximum Gasteiger partial charge on any atom is 0.326 e. The molecule has 32 heavy (non-hydrogen) atoms. The fourth-order valence-electron chi connectivity index (χ4n) is 4.80. The third-order valence-corrected chi connectivity index (χ3v) is 6.50. The number of nitro benzene ring substituents is 1. The van der Waals surface area contributed by atoms with Gasteiger partial charge in [-0.25, -0.2) is 4.98 Å². The smallest absolute Gasteiger partial charge is 0.326 e. The Morgan fingerprint density at radius 1 is 1.22 bits per heavy atom. The van der Waals surface area contributed by atoms with E-state index in [1.54, 1.807) is 16.7 Å². The van der Waals surface area contributed by atoms with Crippen LogP contribution in [0.2, 0.25) is 0 Å². The molecular formula is C25H29N3O4. The van der Waals surface area contributed by atoms with Crippen LogP contribution in [-0.2, 0) is 16.1 Å². The van der Waals surface area contributed by atoms with Crippen molar-refractivity contribution in [3.05, 3.63) is 58.6 Å². The lowest BCUT2D eigenvalue weighted by Gasteiger charge is -2.36. The Morgan fingerprint density at radius 2 is 2.00 bits per heavy atom. The molecule has 0 bridgehead atoms. The monoisotopic (exact) mass is 435 g/mol. The summed E-state index contributed by atoms with van der Waals surface area (Å²) in [6, 6.07) is 13.9. The molecule has 3 aromatic rings. The van der Waals surface area contributed by atoms with Gasteiger partial charge in [0.05, 0.1) is 16.0 Å². The molecule has 1 aromatic heterocycles. The third kappa shape index (κ3) is 4.52. The molecule has 2 aromatic carbocycles. The number of esters is 1. The average Bonchev–Trinajstić information content (AvgIpc) is 3.12. The number of aromatic nitrogens is 2. The lowest BCUT2D eigenvalue weighted by Crippen LogP contribution is -2.36. The van der Waals surface area contributed by atoms with Crippen LogP contribution in [0, 0.1) is 27.9 Å². The highest BCUT2D eigenvalue weighted by molar-refractivity contribution is 5.83. The van der Waals surface area contributed by atoms with Gasteiger partial charge in [0.25, 0.3) is 5.69 Å². The molecule has 168 valence electrons. The van der Waals surface area contributed by atoms with E-state index in [1.807, 2.05) is 24.3 Å². The molecule has 1 saturated carbocycles. The van der Waals surface area contributed by atoms with Crippen molar-refractivity contribution >= 4 is 22.7 Å². The van der Waals surface area contributed by atoms with E-state index in [-0.39, 0.29) is 24.3 Å². The van der Waals surface area contributed by atoms with Crippen LogP contribution in [-0.4, -0.2) is 26.5 Å². The molecule has 1 aliphatic carbocycles. The number of hydrogen-bond donors (Lipinski definition) is 0. The molecule has 4 rings (SSSR count). The van der Waals surface area contributed by atoms with Gasteiger partial charge < -0.3 is 9.30 Å². The van der Waals surface area contributed by atoms with Crippen molar-refractivity contribution in [1.82, 2.24) is 9.55 Å². The number of benzene rings is 2. The van der Waals surface area contributed by atoms with Gasteiger partial charge in [0.1, 0.15) is 18.5 Å². The van der Waals surface area contributed by atoms with E-state index in [0.717, 1.165) is 23.9 Å². The minimum atomic E-state index is -0.430. The molecule has 0 amide bonds. The number of imidazole rings is 1. The molecule has 0 aliphatic heterocycles. The maximum absolute atomic E-state index is 13.1. The summed E-state index contributed by atoms with van der Waals surface area (Å²) in [6.07, 6.45) is 3.04. The van der Waals surface area contributed by atoms with E-state index < -0.39 is 4.92 Å². The minimum Gasteiger partial charge on any atom is -0.461 e. The summed E-state index contributed by atoms with van der Waals surface area (Å²) in [7, 11) is 0. The summed E-state index contributed by atoms with van der Waals surface area (Å²) >= 11 is 0. The fraction of sp³-hybridized carbons (Fsp3) is 0.440. The van der Waals surface area contributed by atoms with Crippen molar-refractivity contribution in [3.8, 4) is 11.4 Å². The highest BCUT2D eigenvalue weighted by atomic mass is 16.6. The molecule has 0 N–H and O–H groups in total. The summed E-state index contributed by atoms with van der Waals surface area (Å²) in [6.45, 7) is 6.59. The Labute approximate surface area is 187 Å². The predicted octanol–water partition coefficient (Wildman–Crippen LogP) is 5.62. The standard InChI is InChI=1S/C25H29N3O4/c1-16(2)20-12-11-17(3)13-23(20)32-24(29)15-27-22-10-5-4-9-21(22)26-25(27)18-7-6-8-19(14-18)28(30)31/h4-10,14,16-17,20,23H,11-13,15H2,1-3H3/t17-,20?,23-/m1/s1. The summed E-state index contributed by atoms with van der Waals surface area (Å²) in [4.78, 5) is 28.6. The van der Waals surface area contributed by atoms with Gasteiger partial charge in [-0.3, -0.25) is 14.9 Å². The molecule has 1 unspecified atom stereocenters. The van der Waals surface area contributed by atoms with Crippen molar-refractivity contribution in [2.75, 3.05) is 0 Å². The van der Waals surface area contributed by atoms with Gasteiger partial charge in [0.2, 0.25) is 0 Å². The number of nitrogens with zero attached hydrogens (tertiary/aromatic N) is 3. The van der Waals surface area contributed by atoms with E-state index in [4.69, 9.17) is 4.74 Å². The summed E-state index contributed by atoms with van der Waals surface area (Å²) in [5.41, 5.74) is 2.10. The number of nitro groups is 1. The first-order valence-electron chi connectivity index (χ1n) is 11.2. The van der Waals surface area contributed by atoms with Crippen LogP contribution in [0.1, 0.15) is 40.0 Å². The fourth-order valence-corrected chi connectivity index (χ4v) is 4.80. The first kappa shape index (κ1) is 22.0. The topological polar surface area (TPSA) is 87.3 Å². The van der Waals surface area contributed by atoms with E-state index in [1.165, 1.54) is 18.6 Å². The zero-order valence-electron chi connectivity index (χ0n) is 18.7. The number of hydrogen-bond acceptors (Lipinski definition) is 5. The lowest BCUT2D eigenvalue weighted by atomic mass is 9.75. The van der Waals surface area contributed by atoms with Crippen molar-refractivity contribution in [1.29, 1.82) is 0 Å². The van der Waals surface area contributed by atoms with Crippen LogP contribution in [0.3, 0.4) is 0 Å². The van der Waals surface area contributed by atoms with Gasteiger partial charge in [-0.05, 0) is 42.7 Å². The van der Waals surface area contributed by atoms with Crippen LogP contribution in [0.4, 0.5) is 5.69 Å².